The highest BCUT2D eigenvalue weighted by Crippen LogP contribution is 2.39. The predicted molar refractivity (Wildman–Crippen MR) is 78.7 cm³/mol. The molecule has 0 saturated heterocycles. The topological polar surface area (TPSA) is 55.1 Å². The molecule has 5 heteroatoms. The maximum atomic E-state index is 11.5. The number of carboxylic acid groups (broad SMARTS) is 1. The Hall–Kier alpha value is -1.62. The number of thiophene rings is 1. The van der Waals surface area contributed by atoms with Crippen molar-refractivity contribution in [1.29, 1.82) is 0 Å². The van der Waals surface area contributed by atoms with E-state index in [9.17, 15) is 9.90 Å². The zero-order valence-electron chi connectivity index (χ0n) is 11.4. The third-order valence-electron chi connectivity index (χ3n) is 4.16. The molecule has 0 amide bonds. The molecule has 106 valence electrons. The molecule has 1 N–H and O–H groups in total. The first kappa shape index (κ1) is 13.4. The third-order valence-corrected chi connectivity index (χ3v) is 5.03. The standard InChI is InChI=1S/C15H18N2O2S/c1-10-4-5-11(15(18)19)12(9-10)17-7-6-16-14(17)13-3-2-8-20-13/h2-3,6-8,10-12H,4-5,9H2,1H3,(H,18,19). The largest absolute Gasteiger partial charge is 0.481 e. The van der Waals surface area contributed by atoms with Crippen LogP contribution in [0.15, 0.2) is 29.9 Å². The molecule has 1 fully saturated rings. The predicted octanol–water partition coefficient (Wildman–Crippen LogP) is 3.67. The van der Waals surface area contributed by atoms with E-state index >= 15 is 0 Å². The van der Waals surface area contributed by atoms with Crippen LogP contribution < -0.4 is 0 Å². The van der Waals surface area contributed by atoms with E-state index in [1.807, 2.05) is 23.7 Å². The van der Waals surface area contributed by atoms with Gasteiger partial charge in [0.1, 0.15) is 5.82 Å². The van der Waals surface area contributed by atoms with E-state index in [4.69, 9.17) is 0 Å². The first-order chi connectivity index (χ1) is 9.66. The van der Waals surface area contributed by atoms with Crippen LogP contribution >= 0.6 is 11.3 Å². The molecule has 3 rings (SSSR count). The average molecular weight is 290 g/mol. The Labute approximate surface area is 122 Å². The van der Waals surface area contributed by atoms with Crippen LogP contribution in [0.2, 0.25) is 0 Å². The van der Waals surface area contributed by atoms with Crippen molar-refractivity contribution in [2.75, 3.05) is 0 Å². The number of aromatic nitrogens is 2. The SMILES string of the molecule is CC1CCC(C(=O)O)C(n2ccnc2-c2cccs2)C1. The minimum Gasteiger partial charge on any atom is -0.481 e. The lowest BCUT2D eigenvalue weighted by Gasteiger charge is -2.34. The number of hydrogen-bond donors (Lipinski definition) is 1. The van der Waals surface area contributed by atoms with Crippen LogP contribution in [0, 0.1) is 11.8 Å². The van der Waals surface area contributed by atoms with Crippen molar-refractivity contribution in [2.24, 2.45) is 11.8 Å². The number of aliphatic carboxylic acids is 1. The van der Waals surface area contributed by atoms with Crippen LogP contribution in [0.5, 0.6) is 0 Å². The monoisotopic (exact) mass is 290 g/mol. The van der Waals surface area contributed by atoms with E-state index in [0.29, 0.717) is 5.92 Å². The smallest absolute Gasteiger partial charge is 0.308 e. The number of carbonyl (C=O) groups is 1. The van der Waals surface area contributed by atoms with Crippen molar-refractivity contribution >= 4 is 17.3 Å². The fourth-order valence-corrected chi connectivity index (χ4v) is 3.85. The molecule has 1 aliphatic rings. The van der Waals surface area contributed by atoms with E-state index in [1.165, 1.54) is 0 Å². The van der Waals surface area contributed by atoms with Crippen LogP contribution in [0.4, 0.5) is 0 Å². The number of hydrogen-bond acceptors (Lipinski definition) is 3. The van der Waals surface area contributed by atoms with Crippen molar-refractivity contribution in [3.8, 4) is 10.7 Å². The molecule has 0 radical (unpaired) electrons. The second-order valence-corrected chi connectivity index (χ2v) is 6.51. The molecule has 3 atom stereocenters. The third kappa shape index (κ3) is 2.38. The van der Waals surface area contributed by atoms with Gasteiger partial charge in [-0.05, 0) is 36.6 Å². The summed E-state index contributed by atoms with van der Waals surface area (Å²) in [5.41, 5.74) is 0. The molecule has 0 spiro atoms. The molecule has 0 aromatic carbocycles. The van der Waals surface area contributed by atoms with Crippen LogP contribution in [0.25, 0.3) is 10.7 Å². The molecule has 1 saturated carbocycles. The summed E-state index contributed by atoms with van der Waals surface area (Å²) in [6.45, 7) is 2.20. The highest BCUT2D eigenvalue weighted by atomic mass is 32.1. The van der Waals surface area contributed by atoms with E-state index < -0.39 is 5.97 Å². The van der Waals surface area contributed by atoms with Gasteiger partial charge in [0.05, 0.1) is 10.8 Å². The Kier molecular flexibility index (Phi) is 3.61. The Morgan fingerprint density at radius 3 is 3.05 bits per heavy atom. The van der Waals surface area contributed by atoms with E-state index in [0.717, 1.165) is 30.0 Å². The first-order valence-electron chi connectivity index (χ1n) is 6.96. The summed E-state index contributed by atoms with van der Waals surface area (Å²) >= 11 is 1.64. The van der Waals surface area contributed by atoms with Gasteiger partial charge in [-0.3, -0.25) is 4.79 Å². The summed E-state index contributed by atoms with van der Waals surface area (Å²) in [7, 11) is 0. The molecule has 0 bridgehead atoms. The molecule has 20 heavy (non-hydrogen) atoms. The fraction of sp³-hybridized carbons (Fsp3) is 0.467. The summed E-state index contributed by atoms with van der Waals surface area (Å²) in [4.78, 5) is 17.1. The normalized spacial score (nSPS) is 26.6. The molecule has 0 aliphatic heterocycles. The van der Waals surface area contributed by atoms with Gasteiger partial charge in [-0.2, -0.15) is 0 Å². The van der Waals surface area contributed by atoms with Crippen molar-refractivity contribution in [3.63, 3.8) is 0 Å². The summed E-state index contributed by atoms with van der Waals surface area (Å²) in [5, 5.41) is 11.5. The molecular formula is C15H18N2O2S. The maximum absolute atomic E-state index is 11.5. The van der Waals surface area contributed by atoms with Gasteiger partial charge in [-0.25, -0.2) is 4.98 Å². The average Bonchev–Trinajstić information content (AvgIpc) is 3.09. The highest BCUT2D eigenvalue weighted by molar-refractivity contribution is 7.13. The quantitative estimate of drug-likeness (QED) is 0.938. The molecule has 2 heterocycles. The fourth-order valence-electron chi connectivity index (χ4n) is 3.12. The number of carboxylic acids is 1. The van der Waals surface area contributed by atoms with Gasteiger partial charge in [-0.1, -0.05) is 13.0 Å². The van der Waals surface area contributed by atoms with Gasteiger partial charge in [-0.15, -0.1) is 11.3 Å². The van der Waals surface area contributed by atoms with E-state index in [2.05, 4.69) is 16.5 Å². The lowest BCUT2D eigenvalue weighted by Crippen LogP contribution is -2.32. The Morgan fingerprint density at radius 2 is 2.35 bits per heavy atom. The zero-order valence-corrected chi connectivity index (χ0v) is 12.2. The van der Waals surface area contributed by atoms with Crippen LogP contribution in [0.3, 0.4) is 0 Å². The van der Waals surface area contributed by atoms with E-state index in [-0.39, 0.29) is 12.0 Å². The van der Waals surface area contributed by atoms with Gasteiger partial charge in [0.25, 0.3) is 0 Å². The van der Waals surface area contributed by atoms with Gasteiger partial charge >= 0.3 is 5.97 Å². The van der Waals surface area contributed by atoms with Gasteiger partial charge in [0, 0.05) is 18.4 Å². The maximum Gasteiger partial charge on any atom is 0.308 e. The van der Waals surface area contributed by atoms with Crippen molar-refractivity contribution in [1.82, 2.24) is 9.55 Å². The lowest BCUT2D eigenvalue weighted by atomic mass is 9.79. The van der Waals surface area contributed by atoms with Gasteiger partial charge in [0.15, 0.2) is 0 Å². The molecule has 2 aromatic heterocycles. The Balaban J connectivity index is 1.98. The molecule has 4 nitrogen and oxygen atoms in total. The Bertz CT molecular complexity index is 591. The van der Waals surface area contributed by atoms with Crippen molar-refractivity contribution in [2.45, 2.75) is 32.2 Å². The summed E-state index contributed by atoms with van der Waals surface area (Å²) < 4.78 is 2.07. The second-order valence-electron chi connectivity index (χ2n) is 5.57. The molecule has 3 unspecified atom stereocenters. The number of imidazole rings is 1. The van der Waals surface area contributed by atoms with Gasteiger partial charge < -0.3 is 9.67 Å². The summed E-state index contributed by atoms with van der Waals surface area (Å²) in [6.07, 6.45) is 6.35. The lowest BCUT2D eigenvalue weighted by molar-refractivity contribution is -0.144. The van der Waals surface area contributed by atoms with Crippen molar-refractivity contribution in [3.05, 3.63) is 29.9 Å². The van der Waals surface area contributed by atoms with Crippen LogP contribution in [0.1, 0.15) is 32.2 Å². The zero-order chi connectivity index (χ0) is 14.1. The summed E-state index contributed by atoms with van der Waals surface area (Å²) in [5.74, 6) is 0.464. The van der Waals surface area contributed by atoms with Crippen LogP contribution in [-0.4, -0.2) is 20.6 Å². The first-order valence-corrected chi connectivity index (χ1v) is 7.84. The Morgan fingerprint density at radius 1 is 1.50 bits per heavy atom. The number of nitrogens with zero attached hydrogens (tertiary/aromatic N) is 2. The molecule has 1 aliphatic carbocycles. The minimum atomic E-state index is -0.687. The van der Waals surface area contributed by atoms with Crippen molar-refractivity contribution < 1.29 is 9.90 Å². The minimum absolute atomic E-state index is 0.0100. The number of rotatable bonds is 3. The molecule has 2 aromatic rings. The van der Waals surface area contributed by atoms with Crippen LogP contribution in [-0.2, 0) is 4.79 Å². The second kappa shape index (κ2) is 5.40. The summed E-state index contributed by atoms with van der Waals surface area (Å²) in [6, 6.07) is 4.04. The van der Waals surface area contributed by atoms with Gasteiger partial charge in [0.2, 0.25) is 0 Å². The van der Waals surface area contributed by atoms with E-state index in [1.54, 1.807) is 17.5 Å². The highest BCUT2D eigenvalue weighted by Gasteiger charge is 2.35. The molecular weight excluding hydrogens is 272 g/mol.